The maximum absolute atomic E-state index is 13.8. The number of carboxylic acids is 1. The monoisotopic (exact) mass is 461 g/mol. The number of thioether (sulfide) groups is 1. The Labute approximate surface area is 179 Å². The third kappa shape index (κ3) is 5.61. The zero-order valence-corrected chi connectivity index (χ0v) is 17.9. The van der Waals surface area contributed by atoms with E-state index in [9.17, 15) is 36.6 Å². The Hall–Kier alpha value is -2.49. The number of carbonyl (C=O) groups excluding carboxylic acids is 1. The molecule has 0 unspecified atom stereocenters. The summed E-state index contributed by atoms with van der Waals surface area (Å²) in [5.74, 6) is -2.28. The number of aromatic carboxylic acids is 1. The van der Waals surface area contributed by atoms with Gasteiger partial charge in [0.05, 0.1) is 11.1 Å². The first kappa shape index (κ1) is 24.8. The van der Waals surface area contributed by atoms with Crippen molar-refractivity contribution in [1.29, 1.82) is 0 Å². The smallest absolute Gasteiger partial charge is 0.434 e. The molecule has 1 aromatic carbocycles. The van der Waals surface area contributed by atoms with Gasteiger partial charge in [0.15, 0.2) is 5.69 Å². The Morgan fingerprint density at radius 3 is 2.19 bits per heavy atom. The zero-order chi connectivity index (χ0) is 23.7. The highest BCUT2D eigenvalue weighted by Gasteiger charge is 2.42. The number of pyridine rings is 1. The maximum atomic E-state index is 13.8. The summed E-state index contributed by atoms with van der Waals surface area (Å²) >= 11 is 0.479. The Morgan fingerprint density at radius 2 is 1.74 bits per heavy atom. The van der Waals surface area contributed by atoms with Crippen LogP contribution in [-0.4, -0.2) is 21.2 Å². The Balaban J connectivity index is 2.84. The van der Waals surface area contributed by atoms with Crippen LogP contribution in [0, 0.1) is 19.8 Å². The lowest BCUT2D eigenvalue weighted by molar-refractivity contribution is -0.141. The maximum Gasteiger partial charge on any atom is 0.434 e. The molecule has 0 spiro atoms. The molecule has 0 amide bonds. The number of benzene rings is 1. The number of halogens is 5. The van der Waals surface area contributed by atoms with Crippen molar-refractivity contribution in [1.82, 2.24) is 4.98 Å². The van der Waals surface area contributed by atoms with Crippen LogP contribution in [0.25, 0.3) is 0 Å². The van der Waals surface area contributed by atoms with Gasteiger partial charge in [0.2, 0.25) is 5.12 Å². The molecule has 1 N–H and O–H groups in total. The summed E-state index contributed by atoms with van der Waals surface area (Å²) in [6.45, 7) is 6.63. The highest BCUT2D eigenvalue weighted by molar-refractivity contribution is 8.14. The topological polar surface area (TPSA) is 67.3 Å². The fraction of sp³-hybridized carbons (Fsp3) is 0.381. The molecule has 31 heavy (non-hydrogen) atoms. The molecular weight excluding hydrogens is 441 g/mol. The Morgan fingerprint density at radius 1 is 1.13 bits per heavy atom. The minimum atomic E-state index is -5.24. The third-order valence-corrected chi connectivity index (χ3v) is 5.43. The van der Waals surface area contributed by atoms with Crippen LogP contribution in [0.15, 0.2) is 23.1 Å². The molecule has 0 aliphatic rings. The number of nitrogens with zero attached hydrogens (tertiary/aromatic N) is 1. The van der Waals surface area contributed by atoms with Gasteiger partial charge < -0.3 is 5.11 Å². The van der Waals surface area contributed by atoms with Gasteiger partial charge in [0.1, 0.15) is 5.69 Å². The average Bonchev–Trinajstić information content (AvgIpc) is 2.61. The van der Waals surface area contributed by atoms with Gasteiger partial charge in [-0.05, 0) is 55.1 Å². The van der Waals surface area contributed by atoms with Crippen LogP contribution in [0.1, 0.15) is 69.1 Å². The lowest BCUT2D eigenvalue weighted by Crippen LogP contribution is -2.23. The third-order valence-electron chi connectivity index (χ3n) is 4.37. The van der Waals surface area contributed by atoms with Crippen molar-refractivity contribution < 1.29 is 36.6 Å². The summed E-state index contributed by atoms with van der Waals surface area (Å²) in [5.41, 5.74) is -4.42. The number of carbonyl (C=O) groups is 2. The first-order chi connectivity index (χ1) is 14.2. The van der Waals surface area contributed by atoms with Crippen molar-refractivity contribution in [2.24, 2.45) is 5.92 Å². The lowest BCUT2D eigenvalue weighted by Gasteiger charge is -2.21. The van der Waals surface area contributed by atoms with Crippen LogP contribution in [-0.2, 0) is 12.6 Å². The molecule has 2 rings (SSSR count). The normalized spacial score (nSPS) is 12.0. The predicted molar refractivity (Wildman–Crippen MR) is 106 cm³/mol. The van der Waals surface area contributed by atoms with Gasteiger partial charge in [0.25, 0.3) is 6.43 Å². The number of hydrogen-bond acceptors (Lipinski definition) is 4. The van der Waals surface area contributed by atoms with Gasteiger partial charge in [-0.1, -0.05) is 31.5 Å². The van der Waals surface area contributed by atoms with Gasteiger partial charge in [-0.3, -0.25) is 4.79 Å². The molecular formula is C21H20F5NO3S. The van der Waals surface area contributed by atoms with E-state index in [0.29, 0.717) is 22.2 Å². The second-order valence-electron chi connectivity index (χ2n) is 7.43. The summed E-state index contributed by atoms with van der Waals surface area (Å²) in [6.07, 6.45) is -9.11. The van der Waals surface area contributed by atoms with E-state index in [2.05, 4.69) is 4.98 Å². The van der Waals surface area contributed by atoms with E-state index in [4.69, 9.17) is 0 Å². The molecule has 1 aromatic heterocycles. The van der Waals surface area contributed by atoms with Gasteiger partial charge in [-0.2, -0.15) is 13.2 Å². The standard InChI is InChI=1S/C21H20F5NO3S/c1-9(2)7-12-14(19(28)29)16(18(22)23)27-17(21(24,25)26)15(12)20(30)31-13-6-5-10(3)8-11(13)4/h5-6,8-9,18H,7H2,1-4H3,(H,28,29). The van der Waals surface area contributed by atoms with E-state index in [1.807, 2.05) is 0 Å². The highest BCUT2D eigenvalue weighted by Crippen LogP contribution is 2.40. The van der Waals surface area contributed by atoms with E-state index < -0.39 is 57.7 Å². The summed E-state index contributed by atoms with van der Waals surface area (Å²) in [7, 11) is 0. The molecule has 4 nitrogen and oxygen atoms in total. The molecule has 168 valence electrons. The molecule has 0 aliphatic carbocycles. The van der Waals surface area contributed by atoms with Crippen molar-refractivity contribution in [2.45, 2.75) is 51.6 Å². The summed E-state index contributed by atoms with van der Waals surface area (Å²) < 4.78 is 68.2. The van der Waals surface area contributed by atoms with Crippen LogP contribution in [0.5, 0.6) is 0 Å². The molecule has 2 aromatic rings. The number of hydrogen-bond donors (Lipinski definition) is 1. The van der Waals surface area contributed by atoms with Crippen molar-refractivity contribution in [3.63, 3.8) is 0 Å². The molecule has 0 saturated heterocycles. The van der Waals surface area contributed by atoms with Crippen molar-refractivity contribution in [3.8, 4) is 0 Å². The number of aromatic nitrogens is 1. The van der Waals surface area contributed by atoms with E-state index in [1.165, 1.54) is 0 Å². The Bertz CT molecular complexity index is 1020. The second-order valence-corrected chi connectivity index (χ2v) is 8.45. The van der Waals surface area contributed by atoms with E-state index in [0.717, 1.165) is 5.56 Å². The quantitative estimate of drug-likeness (QED) is 0.394. The second kappa shape index (κ2) is 9.33. The fourth-order valence-corrected chi connectivity index (χ4v) is 4.03. The number of aryl methyl sites for hydroxylation is 2. The van der Waals surface area contributed by atoms with Crippen LogP contribution in [0.3, 0.4) is 0 Å². The molecule has 1 heterocycles. The van der Waals surface area contributed by atoms with Crippen LogP contribution < -0.4 is 0 Å². The largest absolute Gasteiger partial charge is 0.478 e. The lowest BCUT2D eigenvalue weighted by atomic mass is 9.91. The molecule has 0 atom stereocenters. The van der Waals surface area contributed by atoms with Gasteiger partial charge >= 0.3 is 12.1 Å². The minimum absolute atomic E-state index is 0.318. The molecule has 0 radical (unpaired) electrons. The number of alkyl halides is 5. The SMILES string of the molecule is Cc1ccc(SC(=O)c2c(C(F)(F)F)nc(C(F)F)c(C(=O)O)c2CC(C)C)c(C)c1. The van der Waals surface area contributed by atoms with E-state index in [-0.39, 0.29) is 6.42 Å². The summed E-state index contributed by atoms with van der Waals surface area (Å²) in [5, 5.41) is 8.39. The van der Waals surface area contributed by atoms with Gasteiger partial charge in [0, 0.05) is 4.90 Å². The van der Waals surface area contributed by atoms with Crippen LogP contribution in [0.4, 0.5) is 22.0 Å². The Kier molecular flexibility index (Phi) is 7.46. The van der Waals surface area contributed by atoms with E-state index in [1.54, 1.807) is 45.9 Å². The number of carboxylic acid groups (broad SMARTS) is 1. The van der Waals surface area contributed by atoms with Gasteiger partial charge in [-0.25, -0.2) is 18.6 Å². The highest BCUT2D eigenvalue weighted by atomic mass is 32.2. The summed E-state index contributed by atoms with van der Waals surface area (Å²) in [6, 6.07) is 4.96. The molecule has 0 bridgehead atoms. The number of rotatable bonds is 6. The van der Waals surface area contributed by atoms with Crippen LogP contribution in [0.2, 0.25) is 0 Å². The zero-order valence-electron chi connectivity index (χ0n) is 17.1. The average molecular weight is 461 g/mol. The van der Waals surface area contributed by atoms with Crippen molar-refractivity contribution >= 4 is 22.8 Å². The van der Waals surface area contributed by atoms with Crippen molar-refractivity contribution in [2.75, 3.05) is 0 Å². The molecule has 0 saturated carbocycles. The van der Waals surface area contributed by atoms with E-state index >= 15 is 0 Å². The van der Waals surface area contributed by atoms with Crippen LogP contribution >= 0.6 is 11.8 Å². The fourth-order valence-electron chi connectivity index (χ4n) is 3.15. The molecule has 10 heteroatoms. The van der Waals surface area contributed by atoms with Crippen molar-refractivity contribution in [3.05, 3.63) is 57.4 Å². The summed E-state index contributed by atoms with van der Waals surface area (Å²) in [4.78, 5) is 28.1. The first-order valence-corrected chi connectivity index (χ1v) is 10.0. The molecule has 0 aliphatic heterocycles. The molecule has 0 fully saturated rings. The van der Waals surface area contributed by atoms with Gasteiger partial charge in [-0.15, -0.1) is 0 Å². The first-order valence-electron chi connectivity index (χ1n) is 9.18. The minimum Gasteiger partial charge on any atom is -0.478 e. The predicted octanol–water partition coefficient (Wildman–Crippen LogP) is 6.48.